The van der Waals surface area contributed by atoms with Gasteiger partial charge in [-0.2, -0.15) is 0 Å². The van der Waals surface area contributed by atoms with Crippen LogP contribution in [0.5, 0.6) is 5.75 Å². The summed E-state index contributed by atoms with van der Waals surface area (Å²) in [6, 6.07) is 18.4. The van der Waals surface area contributed by atoms with E-state index in [0.717, 1.165) is 23.6 Å². The fourth-order valence-corrected chi connectivity index (χ4v) is 6.75. The van der Waals surface area contributed by atoms with Crippen molar-refractivity contribution in [2.45, 2.75) is 69.4 Å². The van der Waals surface area contributed by atoms with E-state index in [9.17, 15) is 0 Å². The maximum atomic E-state index is 6.24. The molecule has 2 nitrogen and oxygen atoms in total. The molecule has 152 valence electrons. The predicted molar refractivity (Wildman–Crippen MR) is 117 cm³/mol. The van der Waals surface area contributed by atoms with E-state index in [2.05, 4.69) is 53.4 Å². The highest BCUT2D eigenvalue weighted by molar-refractivity contribution is 5.45. The SMILES string of the molecule is c1ccc(COc2ccc3c(c2)[C@@]24CCCC[C@H]2[C@@H](C3)N(CC2CC2)CC4)cc1. The van der Waals surface area contributed by atoms with Gasteiger partial charge in [0.15, 0.2) is 0 Å². The van der Waals surface area contributed by atoms with Crippen LogP contribution in [0.15, 0.2) is 48.5 Å². The van der Waals surface area contributed by atoms with Crippen molar-refractivity contribution in [3.05, 3.63) is 65.2 Å². The number of fused-ring (bicyclic) bond motifs is 1. The second-order valence-electron chi connectivity index (χ2n) is 10.1. The Balaban J connectivity index is 1.30. The summed E-state index contributed by atoms with van der Waals surface area (Å²) in [5.74, 6) is 2.92. The van der Waals surface area contributed by atoms with Crippen LogP contribution in [0.1, 0.15) is 61.6 Å². The Morgan fingerprint density at radius 2 is 1.86 bits per heavy atom. The molecule has 0 radical (unpaired) electrons. The minimum atomic E-state index is 0.419. The van der Waals surface area contributed by atoms with Gasteiger partial charge in [0.25, 0.3) is 0 Å². The molecule has 0 unspecified atom stereocenters. The number of piperidine rings is 1. The molecule has 2 aromatic carbocycles. The molecule has 3 atom stereocenters. The standard InChI is InChI=1S/C27H33NO/c1-2-6-21(7-3-1)19-29-23-12-11-22-16-26-24-8-4-5-13-27(24,25(22)17-23)14-15-28(26)18-20-9-10-20/h1-3,6-7,11-12,17,20,24,26H,4-5,8-10,13-16,18-19H2/t24-,26+,27+/m0/s1. The fourth-order valence-electron chi connectivity index (χ4n) is 6.75. The van der Waals surface area contributed by atoms with Gasteiger partial charge >= 0.3 is 0 Å². The van der Waals surface area contributed by atoms with Crippen molar-refractivity contribution < 1.29 is 4.74 Å². The monoisotopic (exact) mass is 387 g/mol. The first-order valence-electron chi connectivity index (χ1n) is 11.9. The molecule has 6 rings (SSSR count). The van der Waals surface area contributed by atoms with Gasteiger partial charge in [-0.3, -0.25) is 4.90 Å². The zero-order chi connectivity index (χ0) is 19.3. The van der Waals surface area contributed by atoms with Crippen molar-refractivity contribution >= 4 is 0 Å². The molecule has 0 N–H and O–H groups in total. The molecule has 2 aromatic rings. The molecular formula is C27H33NO. The van der Waals surface area contributed by atoms with Crippen molar-refractivity contribution in [3.8, 4) is 5.75 Å². The quantitative estimate of drug-likeness (QED) is 0.649. The lowest BCUT2D eigenvalue weighted by Crippen LogP contribution is -2.61. The lowest BCUT2D eigenvalue weighted by Gasteiger charge is -2.59. The summed E-state index contributed by atoms with van der Waals surface area (Å²) < 4.78 is 6.24. The second kappa shape index (κ2) is 7.16. The van der Waals surface area contributed by atoms with E-state index in [4.69, 9.17) is 4.74 Å². The zero-order valence-corrected chi connectivity index (χ0v) is 17.5. The Kier molecular flexibility index (Phi) is 4.45. The summed E-state index contributed by atoms with van der Waals surface area (Å²) in [5, 5.41) is 0. The van der Waals surface area contributed by atoms with Crippen LogP contribution >= 0.6 is 0 Å². The van der Waals surface area contributed by atoms with Gasteiger partial charge in [0.2, 0.25) is 0 Å². The molecule has 2 saturated carbocycles. The highest BCUT2D eigenvalue weighted by Crippen LogP contribution is 2.56. The van der Waals surface area contributed by atoms with E-state index in [1.54, 1.807) is 11.1 Å². The fraction of sp³-hybridized carbons (Fsp3) is 0.556. The van der Waals surface area contributed by atoms with Crippen LogP contribution in [-0.2, 0) is 18.4 Å². The topological polar surface area (TPSA) is 12.5 Å². The van der Waals surface area contributed by atoms with Gasteiger partial charge in [0.1, 0.15) is 12.4 Å². The van der Waals surface area contributed by atoms with Crippen LogP contribution in [0.25, 0.3) is 0 Å². The number of hydrogen-bond donors (Lipinski definition) is 0. The summed E-state index contributed by atoms with van der Waals surface area (Å²) >= 11 is 0. The molecule has 1 aliphatic heterocycles. The number of nitrogens with zero attached hydrogens (tertiary/aromatic N) is 1. The first-order chi connectivity index (χ1) is 14.3. The van der Waals surface area contributed by atoms with Crippen LogP contribution in [0.4, 0.5) is 0 Å². The summed E-state index contributed by atoms with van der Waals surface area (Å²) in [6.45, 7) is 3.34. The van der Waals surface area contributed by atoms with E-state index in [1.807, 2.05) is 0 Å². The normalized spacial score (nSPS) is 31.0. The van der Waals surface area contributed by atoms with Gasteiger partial charge in [-0.05, 0) is 85.7 Å². The van der Waals surface area contributed by atoms with Crippen LogP contribution in [-0.4, -0.2) is 24.0 Å². The summed E-state index contributed by atoms with van der Waals surface area (Å²) in [6.07, 6.45) is 11.2. The van der Waals surface area contributed by atoms with Crippen LogP contribution in [0.3, 0.4) is 0 Å². The highest BCUT2D eigenvalue weighted by atomic mass is 16.5. The number of likely N-dealkylation sites (tertiary alicyclic amines) is 1. The number of rotatable bonds is 5. The molecular weight excluding hydrogens is 354 g/mol. The zero-order valence-electron chi connectivity index (χ0n) is 17.5. The molecule has 0 aromatic heterocycles. The number of ether oxygens (including phenoxy) is 1. The summed E-state index contributed by atoms with van der Waals surface area (Å²) in [5.41, 5.74) is 4.92. The Bertz CT molecular complexity index is 873. The molecule has 29 heavy (non-hydrogen) atoms. The van der Waals surface area contributed by atoms with E-state index < -0.39 is 0 Å². The van der Waals surface area contributed by atoms with Crippen molar-refractivity contribution in [2.24, 2.45) is 11.8 Å². The lowest BCUT2D eigenvalue weighted by molar-refractivity contribution is -0.0135. The summed E-state index contributed by atoms with van der Waals surface area (Å²) in [7, 11) is 0. The predicted octanol–water partition coefficient (Wildman–Crippen LogP) is 5.73. The van der Waals surface area contributed by atoms with Gasteiger partial charge in [-0.25, -0.2) is 0 Å². The van der Waals surface area contributed by atoms with Gasteiger partial charge in [0.05, 0.1) is 0 Å². The minimum absolute atomic E-state index is 0.419. The lowest BCUT2D eigenvalue weighted by atomic mass is 9.52. The number of benzene rings is 2. The molecule has 1 heterocycles. The van der Waals surface area contributed by atoms with Crippen molar-refractivity contribution in [2.75, 3.05) is 13.1 Å². The molecule has 4 aliphatic rings. The van der Waals surface area contributed by atoms with E-state index in [-0.39, 0.29) is 0 Å². The molecule has 0 spiro atoms. The highest BCUT2D eigenvalue weighted by Gasteiger charge is 2.54. The smallest absolute Gasteiger partial charge is 0.120 e. The van der Waals surface area contributed by atoms with Crippen LogP contribution in [0.2, 0.25) is 0 Å². The first-order valence-corrected chi connectivity index (χ1v) is 11.9. The van der Waals surface area contributed by atoms with Crippen LogP contribution < -0.4 is 4.74 Å². The Morgan fingerprint density at radius 3 is 2.72 bits per heavy atom. The third-order valence-electron chi connectivity index (χ3n) is 8.36. The maximum absolute atomic E-state index is 6.24. The minimum Gasteiger partial charge on any atom is -0.489 e. The van der Waals surface area contributed by atoms with Crippen LogP contribution in [0, 0.1) is 11.8 Å². The third kappa shape index (κ3) is 3.20. The molecule has 2 bridgehead atoms. The second-order valence-corrected chi connectivity index (χ2v) is 10.1. The first kappa shape index (κ1) is 18.0. The van der Waals surface area contributed by atoms with Gasteiger partial charge in [-0.1, -0.05) is 49.2 Å². The van der Waals surface area contributed by atoms with E-state index in [1.165, 1.54) is 70.0 Å². The molecule has 3 aliphatic carbocycles. The molecule has 1 saturated heterocycles. The average Bonchev–Trinajstić information content (AvgIpc) is 3.59. The van der Waals surface area contributed by atoms with E-state index >= 15 is 0 Å². The molecule has 3 fully saturated rings. The molecule has 2 heteroatoms. The maximum Gasteiger partial charge on any atom is 0.120 e. The van der Waals surface area contributed by atoms with E-state index in [0.29, 0.717) is 12.0 Å². The van der Waals surface area contributed by atoms with Gasteiger partial charge in [0, 0.05) is 18.0 Å². The van der Waals surface area contributed by atoms with Crippen molar-refractivity contribution in [3.63, 3.8) is 0 Å². The largest absolute Gasteiger partial charge is 0.489 e. The van der Waals surface area contributed by atoms with Gasteiger partial charge < -0.3 is 4.74 Å². The third-order valence-corrected chi connectivity index (χ3v) is 8.36. The van der Waals surface area contributed by atoms with Gasteiger partial charge in [-0.15, -0.1) is 0 Å². The Morgan fingerprint density at radius 1 is 0.966 bits per heavy atom. The summed E-state index contributed by atoms with van der Waals surface area (Å²) in [4.78, 5) is 2.90. The van der Waals surface area contributed by atoms with Crippen molar-refractivity contribution in [1.82, 2.24) is 4.90 Å². The Hall–Kier alpha value is -1.80. The average molecular weight is 388 g/mol. The molecule has 0 amide bonds. The Labute approximate surface area is 175 Å². The number of hydrogen-bond acceptors (Lipinski definition) is 2. The van der Waals surface area contributed by atoms with Crippen molar-refractivity contribution in [1.29, 1.82) is 0 Å².